The second-order valence-electron chi connectivity index (χ2n) is 15.0. The molecule has 2 aromatic carbocycles. The Balaban J connectivity index is 1.45. The van der Waals surface area contributed by atoms with Crippen molar-refractivity contribution in [3.05, 3.63) is 71.8 Å². The molecule has 14 heteroatoms. The van der Waals surface area contributed by atoms with Gasteiger partial charge in [0.25, 0.3) is 5.91 Å². The van der Waals surface area contributed by atoms with Crippen LogP contribution in [0.2, 0.25) is 0 Å². The predicted molar refractivity (Wildman–Crippen MR) is 200 cm³/mol. The van der Waals surface area contributed by atoms with Crippen LogP contribution in [0.15, 0.2) is 60.7 Å². The average molecular weight is 747 g/mol. The van der Waals surface area contributed by atoms with Crippen molar-refractivity contribution in [2.24, 2.45) is 11.7 Å². The number of carbonyl (C=O) groups is 7. The molecule has 5 atom stereocenters. The highest BCUT2D eigenvalue weighted by Crippen LogP contribution is 2.31. The maximum atomic E-state index is 14.5. The fourth-order valence-electron chi connectivity index (χ4n) is 7.11. The number of ketones is 1. The van der Waals surface area contributed by atoms with Crippen LogP contribution in [-0.4, -0.2) is 89.0 Å². The maximum absolute atomic E-state index is 14.5. The molecule has 292 valence electrons. The Kier molecular flexibility index (Phi) is 14.9. The van der Waals surface area contributed by atoms with E-state index in [0.717, 1.165) is 37.7 Å². The average Bonchev–Trinajstić information content (AvgIpc) is 3.56. The number of hydrogen-bond acceptors (Lipinski definition) is 8. The van der Waals surface area contributed by atoms with E-state index in [0.29, 0.717) is 5.56 Å². The van der Waals surface area contributed by atoms with Crippen LogP contribution < -0.4 is 27.0 Å². The normalized spacial score (nSPS) is 19.1. The van der Waals surface area contributed by atoms with Crippen molar-refractivity contribution in [2.75, 3.05) is 13.1 Å². The largest absolute Gasteiger partial charge is 0.371 e. The molecule has 6 amide bonds. The first-order valence-corrected chi connectivity index (χ1v) is 18.7. The zero-order valence-electron chi connectivity index (χ0n) is 31.6. The second-order valence-corrected chi connectivity index (χ2v) is 15.0. The fourth-order valence-corrected chi connectivity index (χ4v) is 7.11. The number of hydrogen-bond donors (Lipinski definition) is 5. The van der Waals surface area contributed by atoms with Gasteiger partial charge in [-0.3, -0.25) is 33.6 Å². The number of nitrogens with two attached hydrogens (primary N) is 1. The minimum atomic E-state index is -1.26. The molecule has 1 heterocycles. The summed E-state index contributed by atoms with van der Waals surface area (Å²) in [6.07, 6.45) is 4.17. The van der Waals surface area contributed by atoms with Crippen LogP contribution in [0.25, 0.3) is 0 Å². The van der Waals surface area contributed by atoms with Gasteiger partial charge in [0, 0.05) is 13.0 Å². The number of carbonyl (C=O) groups excluding carboxylic acids is 7. The molecule has 0 bridgehead atoms. The lowest BCUT2D eigenvalue weighted by atomic mass is 9.83. The molecule has 14 nitrogen and oxygen atoms in total. The molecule has 1 unspecified atom stereocenters. The van der Waals surface area contributed by atoms with Gasteiger partial charge in [-0.1, -0.05) is 86.8 Å². The lowest BCUT2D eigenvalue weighted by Gasteiger charge is -2.35. The molecule has 1 saturated heterocycles. The van der Waals surface area contributed by atoms with Gasteiger partial charge in [-0.25, -0.2) is 0 Å². The van der Waals surface area contributed by atoms with Gasteiger partial charge in [0.1, 0.15) is 18.1 Å². The Morgan fingerprint density at radius 1 is 0.852 bits per heavy atom. The molecule has 1 aliphatic carbocycles. The van der Waals surface area contributed by atoms with Crippen molar-refractivity contribution in [3.8, 4) is 0 Å². The highest BCUT2D eigenvalue weighted by molar-refractivity contribution is 6.38. The maximum Gasteiger partial charge on any atom is 0.290 e. The third-order valence-electron chi connectivity index (χ3n) is 9.68. The van der Waals surface area contributed by atoms with Gasteiger partial charge in [0.05, 0.1) is 30.7 Å². The summed E-state index contributed by atoms with van der Waals surface area (Å²) in [6, 6.07) is 13.2. The number of primary amides is 1. The first-order valence-electron chi connectivity index (χ1n) is 18.7. The van der Waals surface area contributed by atoms with Crippen molar-refractivity contribution >= 4 is 41.2 Å². The van der Waals surface area contributed by atoms with E-state index < -0.39 is 77.7 Å². The van der Waals surface area contributed by atoms with E-state index in [1.165, 1.54) is 4.90 Å². The highest BCUT2D eigenvalue weighted by Gasteiger charge is 2.46. The highest BCUT2D eigenvalue weighted by atomic mass is 16.5. The topological polar surface area (TPSA) is 206 Å². The van der Waals surface area contributed by atoms with Crippen molar-refractivity contribution in [2.45, 2.75) is 115 Å². The number of nitrogens with zero attached hydrogens (tertiary/aromatic N) is 1. The van der Waals surface area contributed by atoms with Gasteiger partial charge in [0.15, 0.2) is 0 Å². The van der Waals surface area contributed by atoms with E-state index in [-0.39, 0.29) is 37.6 Å². The van der Waals surface area contributed by atoms with E-state index >= 15 is 0 Å². The molecule has 54 heavy (non-hydrogen) atoms. The smallest absolute Gasteiger partial charge is 0.290 e. The monoisotopic (exact) mass is 746 g/mol. The molecule has 6 N–H and O–H groups in total. The molecule has 4 rings (SSSR count). The summed E-state index contributed by atoms with van der Waals surface area (Å²) in [4.78, 5) is 94.0. The van der Waals surface area contributed by atoms with Crippen molar-refractivity contribution in [1.82, 2.24) is 26.2 Å². The van der Waals surface area contributed by atoms with Gasteiger partial charge in [0.2, 0.25) is 35.3 Å². The first kappa shape index (κ1) is 41.6. The van der Waals surface area contributed by atoms with E-state index in [1.807, 2.05) is 51.1 Å². The summed E-state index contributed by atoms with van der Waals surface area (Å²) in [5, 5.41) is 10.4. The zero-order chi connectivity index (χ0) is 39.4. The summed E-state index contributed by atoms with van der Waals surface area (Å²) in [5.41, 5.74) is 6.14. The van der Waals surface area contributed by atoms with Crippen LogP contribution in [0.5, 0.6) is 0 Å². The van der Waals surface area contributed by atoms with Crippen LogP contribution in [0.1, 0.15) is 89.8 Å². The number of likely N-dealkylation sites (tertiary alicyclic amines) is 1. The Labute approximate surface area is 316 Å². The van der Waals surface area contributed by atoms with Crippen molar-refractivity contribution in [3.63, 3.8) is 0 Å². The Bertz CT molecular complexity index is 1640. The van der Waals surface area contributed by atoms with Crippen LogP contribution in [0.3, 0.4) is 0 Å². The Morgan fingerprint density at radius 2 is 1.48 bits per heavy atom. The van der Waals surface area contributed by atoms with Crippen LogP contribution in [0, 0.1) is 5.92 Å². The lowest BCUT2D eigenvalue weighted by Crippen LogP contribution is -2.58. The third kappa shape index (κ3) is 12.0. The standard InChI is InChI=1S/C40H54N6O8/c1-5-29(35(49)38(52)42-23-32(48)45-33(36(41)50)26-17-11-7-12-18-26)43-37(51)30-22-28(54-40(2,3)4)24-46(30)39(53)34(27-19-13-8-14-20-27)44-31(47)21-25-15-9-6-10-16-25/h6-7,9-12,15-18,27-30,33-34H,5,8,13-14,19-24H2,1-4H3,(H2,41,50)(H,42,52)(H,43,51)(H,44,47)(H,45,48)/t28-,29?,30+,33+,34+/m1/s1. The summed E-state index contributed by atoms with van der Waals surface area (Å²) >= 11 is 0. The quantitative estimate of drug-likeness (QED) is 0.160. The third-order valence-corrected chi connectivity index (χ3v) is 9.68. The molecule has 2 fully saturated rings. The van der Waals surface area contributed by atoms with E-state index in [4.69, 9.17) is 10.5 Å². The number of nitrogens with one attached hydrogen (secondary N) is 4. The van der Waals surface area contributed by atoms with Crippen LogP contribution >= 0.6 is 0 Å². The summed E-state index contributed by atoms with van der Waals surface area (Å²) in [5.74, 6) is -5.10. The van der Waals surface area contributed by atoms with Crippen molar-refractivity contribution < 1.29 is 38.3 Å². The van der Waals surface area contributed by atoms with Gasteiger partial charge < -0.3 is 36.6 Å². The summed E-state index contributed by atoms with van der Waals surface area (Å²) in [7, 11) is 0. The molecule has 1 aliphatic heterocycles. The summed E-state index contributed by atoms with van der Waals surface area (Å²) in [6.45, 7) is 6.72. The number of ether oxygens (including phenoxy) is 1. The van der Waals surface area contributed by atoms with E-state index in [2.05, 4.69) is 21.3 Å². The van der Waals surface area contributed by atoms with Crippen molar-refractivity contribution in [1.29, 1.82) is 0 Å². The molecule has 0 radical (unpaired) electrons. The summed E-state index contributed by atoms with van der Waals surface area (Å²) < 4.78 is 6.23. The van der Waals surface area contributed by atoms with Gasteiger partial charge >= 0.3 is 0 Å². The number of benzene rings is 2. The SMILES string of the molecule is CCC(NC(=O)[C@@H]1C[C@@H](OC(C)(C)C)CN1C(=O)[C@@H](NC(=O)Cc1ccccc1)C1CCCCC1)C(=O)C(=O)NCC(=O)N[C@H](C(N)=O)c1ccccc1. The van der Waals surface area contributed by atoms with Gasteiger partial charge in [-0.15, -0.1) is 0 Å². The number of amides is 6. The van der Waals surface area contributed by atoms with E-state index in [9.17, 15) is 33.6 Å². The fraction of sp³-hybridized carbons (Fsp3) is 0.525. The van der Waals surface area contributed by atoms with Gasteiger partial charge in [-0.2, -0.15) is 0 Å². The lowest BCUT2D eigenvalue weighted by molar-refractivity contribution is -0.144. The second kappa shape index (κ2) is 19.3. The minimum absolute atomic E-state index is 0.0464. The zero-order valence-corrected chi connectivity index (χ0v) is 31.6. The molecule has 0 aromatic heterocycles. The molecular formula is C40H54N6O8. The molecular weight excluding hydrogens is 692 g/mol. The first-order chi connectivity index (χ1) is 25.7. The van der Waals surface area contributed by atoms with E-state index in [1.54, 1.807) is 37.3 Å². The molecule has 2 aromatic rings. The molecule has 0 spiro atoms. The molecule has 2 aliphatic rings. The molecule has 1 saturated carbocycles. The number of rotatable bonds is 16. The minimum Gasteiger partial charge on any atom is -0.371 e. The Morgan fingerprint density at radius 3 is 2.07 bits per heavy atom. The van der Waals surface area contributed by atoms with Crippen LogP contribution in [-0.2, 0) is 44.7 Å². The van der Waals surface area contributed by atoms with Gasteiger partial charge in [-0.05, 0) is 57.1 Å². The predicted octanol–water partition coefficient (Wildman–Crippen LogP) is 2.00. The Hall–Kier alpha value is -5.11. The number of Topliss-reactive ketones (excluding diaryl/α,β-unsaturated/α-hetero) is 1. The van der Waals surface area contributed by atoms with Crippen LogP contribution in [0.4, 0.5) is 0 Å².